The summed E-state index contributed by atoms with van der Waals surface area (Å²) in [5.74, 6) is 0.751. The molecule has 0 N–H and O–H groups in total. The van der Waals surface area contributed by atoms with E-state index in [9.17, 15) is 23.6 Å². The number of nitrogens with zero attached hydrogens (tertiary/aromatic N) is 6. The molecule has 0 unspecified atom stereocenters. The number of Topliss-reactive ketones (excluding diaryl/α,β-unsaturated/α-hetero) is 4. The highest BCUT2D eigenvalue weighted by molar-refractivity contribution is 6.12. The van der Waals surface area contributed by atoms with E-state index in [0.29, 0.717) is 82.5 Å². The molecule has 2 aromatic heterocycles. The fraction of sp³-hybridized carbons (Fsp3) is 0.378. The normalized spacial score (nSPS) is 17.8. The van der Waals surface area contributed by atoms with Crippen LogP contribution in [0.15, 0.2) is 134 Å². The van der Waals surface area contributed by atoms with Gasteiger partial charge in [-0.2, -0.15) is 0 Å². The van der Waals surface area contributed by atoms with Gasteiger partial charge in [-0.15, -0.1) is 0 Å². The van der Waals surface area contributed by atoms with Gasteiger partial charge in [0, 0.05) is 120 Å². The number of hydrogen-bond acceptors (Lipinski definition) is 16. The Hall–Kier alpha value is -8.75. The maximum Gasteiger partial charge on any atom is 0.166 e. The van der Waals surface area contributed by atoms with E-state index in [1.165, 1.54) is 30.3 Å². The largest absolute Gasteiger partial charge is 0.495 e. The first-order chi connectivity index (χ1) is 45.1. The van der Waals surface area contributed by atoms with Crippen LogP contribution in [0.25, 0.3) is 21.8 Å². The van der Waals surface area contributed by atoms with Gasteiger partial charge in [-0.05, 0) is 128 Å². The number of anilines is 2. The molecule has 0 bridgehead atoms. The molecular formula is C74H75F3N6O10. The van der Waals surface area contributed by atoms with Crippen molar-refractivity contribution in [1.82, 2.24) is 19.8 Å². The number of rotatable bonds is 23. The van der Waals surface area contributed by atoms with Crippen molar-refractivity contribution < 1.29 is 60.8 Å². The summed E-state index contributed by atoms with van der Waals surface area (Å²) in [4.78, 5) is 71.4. The van der Waals surface area contributed by atoms with Crippen LogP contribution in [-0.2, 0) is 54.3 Å². The van der Waals surface area contributed by atoms with Crippen LogP contribution in [0, 0.1) is 41.1 Å². The van der Waals surface area contributed by atoms with Crippen LogP contribution in [0.5, 0.6) is 34.5 Å². The Morgan fingerprint density at radius 3 is 1.55 bits per heavy atom. The second-order valence-corrected chi connectivity index (χ2v) is 25.5. The first-order valence-corrected chi connectivity index (χ1v) is 32.1. The summed E-state index contributed by atoms with van der Waals surface area (Å²) in [6.45, 7) is 13.6. The average Bonchev–Trinajstić information content (AvgIpc) is 1.27. The summed E-state index contributed by atoms with van der Waals surface area (Å²) in [6, 6.07) is 34.0. The molecule has 0 radical (unpaired) electrons. The summed E-state index contributed by atoms with van der Waals surface area (Å²) >= 11 is 0. The first kappa shape index (κ1) is 63.0. The van der Waals surface area contributed by atoms with E-state index >= 15 is 8.78 Å². The molecule has 0 spiro atoms. The molecule has 93 heavy (non-hydrogen) atoms. The first-order valence-electron chi connectivity index (χ1n) is 32.1. The number of hydrogen-bond donors (Lipinski definition) is 0. The Labute approximate surface area is 538 Å². The SMILES string of the molecule is COc1cc2c(Oc3ccc(CC(=O)C4(C(=O)Cc5ccc(F)cc5)CC4)cc3F)ccnc2cc1N1CC(N2CCOCC2)C1.COc1ccc2c(Oc3ccc(CC(=O)C4(C(=O)Cc5ccc(C)cc5)CC4)cc3F)ccnc2c1N1CC(CN2CCOCC2)C1. The van der Waals surface area contributed by atoms with Crippen LogP contribution in [-0.4, -0.2) is 148 Å². The average molecular weight is 1270 g/mol. The van der Waals surface area contributed by atoms with E-state index in [2.05, 4.69) is 24.6 Å². The lowest BCUT2D eigenvalue weighted by atomic mass is 9.87. The van der Waals surface area contributed by atoms with Crippen molar-refractivity contribution in [3.63, 3.8) is 0 Å². The summed E-state index contributed by atoms with van der Waals surface area (Å²) in [7, 11) is 3.28. The molecule has 6 aliphatic rings. The zero-order chi connectivity index (χ0) is 64.4. The van der Waals surface area contributed by atoms with Gasteiger partial charge in [-0.3, -0.25) is 38.9 Å². The lowest BCUT2D eigenvalue weighted by Gasteiger charge is -2.48. The van der Waals surface area contributed by atoms with Crippen molar-refractivity contribution in [2.24, 2.45) is 16.7 Å². The molecule has 2 aliphatic carbocycles. The number of ketones is 4. The van der Waals surface area contributed by atoms with Crippen LogP contribution in [0.2, 0.25) is 0 Å². The highest BCUT2D eigenvalue weighted by atomic mass is 19.1. The number of carbonyl (C=O) groups is 4. The number of ether oxygens (including phenoxy) is 6. The van der Waals surface area contributed by atoms with Gasteiger partial charge in [0.15, 0.2) is 46.3 Å². The fourth-order valence-corrected chi connectivity index (χ4v) is 13.3. The maximum atomic E-state index is 15.4. The third kappa shape index (κ3) is 13.7. The van der Waals surface area contributed by atoms with Gasteiger partial charge in [0.1, 0.15) is 40.0 Å². The molecule has 19 heteroatoms. The number of pyridine rings is 2. The van der Waals surface area contributed by atoms with E-state index < -0.39 is 22.5 Å². The third-order valence-corrected chi connectivity index (χ3v) is 19.2. The van der Waals surface area contributed by atoms with Crippen molar-refractivity contribution in [3.8, 4) is 34.5 Å². The molecule has 6 heterocycles. The summed E-state index contributed by atoms with van der Waals surface area (Å²) in [5, 5.41) is 1.43. The molecular weight excluding hydrogens is 1190 g/mol. The van der Waals surface area contributed by atoms with Crippen molar-refractivity contribution in [2.45, 2.75) is 64.3 Å². The van der Waals surface area contributed by atoms with Crippen LogP contribution >= 0.6 is 0 Å². The molecule has 482 valence electrons. The summed E-state index contributed by atoms with van der Waals surface area (Å²) in [5.41, 5.74) is 4.96. The van der Waals surface area contributed by atoms with Gasteiger partial charge in [0.05, 0.1) is 62.7 Å². The van der Waals surface area contributed by atoms with Crippen LogP contribution < -0.4 is 28.7 Å². The minimum Gasteiger partial charge on any atom is -0.495 e. The minimum atomic E-state index is -1.05. The molecule has 0 atom stereocenters. The molecule has 6 fully saturated rings. The molecule has 16 nitrogen and oxygen atoms in total. The van der Waals surface area contributed by atoms with Gasteiger partial charge < -0.3 is 38.2 Å². The van der Waals surface area contributed by atoms with Crippen LogP contribution in [0.4, 0.5) is 24.5 Å². The smallest absolute Gasteiger partial charge is 0.166 e. The standard InChI is InChI=1S/C38H40FN3O5.C36H35F2N3O5/c1-25-3-5-26(6-4-25)20-34(43)38(12-13-38)35(44)21-27-7-9-32(30(39)19-27)47-31-11-14-40-36-29(31)8-10-33(45-2)37(36)42-23-28(24-42)22-41-15-17-46-18-16-41;1-44-33-19-27-29(20-30(33)41-21-26(22-41)40-12-14-45-15-13-40)39-11-8-31(27)46-32-7-4-24(16-28(32)38)18-35(43)36(9-10-36)34(42)17-23-2-5-25(37)6-3-23/h3-11,14,19,28H,12-13,15-18,20-24H2,1-2H3;2-8,11,16,19-20,26H,9-10,12-15,17-18,21-22H2,1H3. The van der Waals surface area contributed by atoms with Gasteiger partial charge >= 0.3 is 0 Å². The third-order valence-electron chi connectivity index (χ3n) is 19.2. The summed E-state index contributed by atoms with van der Waals surface area (Å²) < 4.78 is 78.7. The highest BCUT2D eigenvalue weighted by Gasteiger charge is 2.55. The molecule has 4 saturated heterocycles. The molecule has 8 aromatic rings. The molecule has 0 amide bonds. The number of carbonyl (C=O) groups excluding carboxylic acids is 4. The molecule has 2 saturated carbocycles. The van der Waals surface area contributed by atoms with E-state index in [0.717, 1.165) is 124 Å². The zero-order valence-electron chi connectivity index (χ0n) is 52.6. The monoisotopic (exact) mass is 1260 g/mol. The second kappa shape index (κ2) is 27.1. The quantitative estimate of drug-likeness (QED) is 0.0555. The van der Waals surface area contributed by atoms with Crippen LogP contribution in [0.1, 0.15) is 53.5 Å². The Morgan fingerprint density at radius 1 is 0.516 bits per heavy atom. The number of halogens is 3. The Kier molecular flexibility index (Phi) is 18.3. The molecule has 14 rings (SSSR count). The van der Waals surface area contributed by atoms with Gasteiger partial charge in [0.25, 0.3) is 0 Å². The Balaban J connectivity index is 0.000000169. The number of methoxy groups -OCH3 is 2. The second-order valence-electron chi connectivity index (χ2n) is 25.5. The predicted octanol–water partition coefficient (Wildman–Crippen LogP) is 11.5. The minimum absolute atomic E-state index is 0.000542. The lowest BCUT2D eigenvalue weighted by Crippen LogP contribution is -2.61. The fourth-order valence-electron chi connectivity index (χ4n) is 13.3. The van der Waals surface area contributed by atoms with E-state index in [-0.39, 0.29) is 66.1 Å². The van der Waals surface area contributed by atoms with E-state index in [1.807, 2.05) is 55.5 Å². The summed E-state index contributed by atoms with van der Waals surface area (Å²) in [6.07, 6.45) is 5.57. The number of aromatic nitrogens is 2. The van der Waals surface area contributed by atoms with Gasteiger partial charge in [-0.25, -0.2) is 13.2 Å². The number of morpholine rings is 2. The topological polar surface area (TPSA) is 162 Å². The maximum absolute atomic E-state index is 15.4. The van der Waals surface area contributed by atoms with Crippen molar-refractivity contribution in [2.75, 3.05) is 109 Å². The van der Waals surface area contributed by atoms with Gasteiger partial charge in [-0.1, -0.05) is 54.1 Å². The molecule has 4 aliphatic heterocycles. The van der Waals surface area contributed by atoms with Crippen molar-refractivity contribution in [1.29, 1.82) is 0 Å². The van der Waals surface area contributed by atoms with Crippen molar-refractivity contribution >= 4 is 56.3 Å². The van der Waals surface area contributed by atoms with Crippen molar-refractivity contribution in [3.05, 3.63) is 179 Å². The van der Waals surface area contributed by atoms with Gasteiger partial charge in [0.2, 0.25) is 0 Å². The predicted molar refractivity (Wildman–Crippen MR) is 347 cm³/mol. The van der Waals surface area contributed by atoms with Crippen LogP contribution in [0.3, 0.4) is 0 Å². The lowest BCUT2D eigenvalue weighted by molar-refractivity contribution is -0.135. The van der Waals surface area contributed by atoms with E-state index in [4.69, 9.17) is 33.4 Å². The number of aryl methyl sites for hydroxylation is 1. The highest BCUT2D eigenvalue weighted by Crippen LogP contribution is 2.51. The molecule has 6 aromatic carbocycles. The number of fused-ring (bicyclic) bond motifs is 2. The van der Waals surface area contributed by atoms with E-state index in [1.54, 1.807) is 69.1 Å². The Morgan fingerprint density at radius 2 is 1.01 bits per heavy atom. The zero-order valence-corrected chi connectivity index (χ0v) is 52.6. The number of benzene rings is 6. The Bertz CT molecular complexity index is 4100.